The fourth-order valence-corrected chi connectivity index (χ4v) is 0.594. The number of hydrogen-bond acceptors (Lipinski definition) is 1. The van der Waals surface area contributed by atoms with Gasteiger partial charge in [-0.05, 0) is 6.92 Å². The van der Waals surface area contributed by atoms with Gasteiger partial charge in [0.2, 0.25) is 0 Å². The molecule has 0 aromatic carbocycles. The predicted molar refractivity (Wildman–Crippen MR) is 33.9 cm³/mol. The van der Waals surface area contributed by atoms with Crippen molar-refractivity contribution in [1.82, 2.24) is 5.32 Å². The van der Waals surface area contributed by atoms with Crippen molar-refractivity contribution < 1.29 is 0 Å². The highest BCUT2D eigenvalue weighted by atomic mass is 35.5. The molecule has 0 saturated heterocycles. The molecule has 0 aromatic heterocycles. The molecular formula is C5H10ClN. The normalized spacial score (nSPS) is 27.3. The summed E-state index contributed by atoms with van der Waals surface area (Å²) in [4.78, 5) is 0. The van der Waals surface area contributed by atoms with Crippen LogP contribution in [-0.2, 0) is 0 Å². The topological polar surface area (TPSA) is 12.0 Å². The third-order valence-corrected chi connectivity index (χ3v) is 0.982. The van der Waals surface area contributed by atoms with Crippen LogP contribution in [0.15, 0.2) is 12.2 Å². The van der Waals surface area contributed by atoms with Crippen molar-refractivity contribution in [2.45, 2.75) is 13.0 Å². The van der Waals surface area contributed by atoms with Crippen molar-refractivity contribution in [2.75, 3.05) is 6.54 Å². The molecule has 0 aromatic rings. The average molecular weight is 120 g/mol. The molecule has 0 fully saturated rings. The molecule has 1 N–H and O–H groups in total. The van der Waals surface area contributed by atoms with E-state index in [-0.39, 0.29) is 12.4 Å². The second-order valence-electron chi connectivity index (χ2n) is 1.63. The highest BCUT2D eigenvalue weighted by molar-refractivity contribution is 5.85. The number of rotatable bonds is 0. The van der Waals surface area contributed by atoms with E-state index >= 15 is 0 Å². The van der Waals surface area contributed by atoms with E-state index in [2.05, 4.69) is 24.4 Å². The quantitative estimate of drug-likeness (QED) is 0.469. The molecule has 0 bridgehead atoms. The highest BCUT2D eigenvalue weighted by Gasteiger charge is 1.96. The first kappa shape index (κ1) is 6.99. The molecule has 1 rings (SSSR count). The van der Waals surface area contributed by atoms with E-state index < -0.39 is 0 Å². The van der Waals surface area contributed by atoms with E-state index in [1.165, 1.54) is 0 Å². The van der Waals surface area contributed by atoms with Crippen LogP contribution in [-0.4, -0.2) is 12.6 Å². The zero-order valence-electron chi connectivity index (χ0n) is 4.35. The molecule has 7 heavy (non-hydrogen) atoms. The summed E-state index contributed by atoms with van der Waals surface area (Å²) in [6.45, 7) is 3.20. The van der Waals surface area contributed by atoms with Crippen LogP contribution in [0.4, 0.5) is 0 Å². The number of halogens is 1. The smallest absolute Gasteiger partial charge is 0.0225 e. The van der Waals surface area contributed by atoms with Gasteiger partial charge >= 0.3 is 0 Å². The molecule has 0 aliphatic carbocycles. The van der Waals surface area contributed by atoms with Gasteiger partial charge in [0.1, 0.15) is 0 Å². The van der Waals surface area contributed by atoms with Gasteiger partial charge in [-0.25, -0.2) is 0 Å². The van der Waals surface area contributed by atoms with Crippen LogP contribution < -0.4 is 5.32 Å². The second-order valence-corrected chi connectivity index (χ2v) is 1.63. The Hall–Kier alpha value is -0.0100. The van der Waals surface area contributed by atoms with E-state index in [0.29, 0.717) is 6.04 Å². The zero-order chi connectivity index (χ0) is 4.41. The van der Waals surface area contributed by atoms with Gasteiger partial charge in [0, 0.05) is 12.6 Å². The van der Waals surface area contributed by atoms with Crippen molar-refractivity contribution in [3.05, 3.63) is 12.2 Å². The molecule has 0 unspecified atom stereocenters. The lowest BCUT2D eigenvalue weighted by Crippen LogP contribution is -2.17. The van der Waals surface area contributed by atoms with Crippen LogP contribution in [0.25, 0.3) is 0 Å². The van der Waals surface area contributed by atoms with Gasteiger partial charge < -0.3 is 5.32 Å². The van der Waals surface area contributed by atoms with E-state index in [9.17, 15) is 0 Å². The molecular weight excluding hydrogens is 110 g/mol. The van der Waals surface area contributed by atoms with E-state index in [4.69, 9.17) is 0 Å². The Bertz CT molecular complexity index is 70.5. The second kappa shape index (κ2) is 3.05. The van der Waals surface area contributed by atoms with Crippen molar-refractivity contribution >= 4 is 12.4 Å². The Morgan fingerprint density at radius 3 is 2.57 bits per heavy atom. The summed E-state index contributed by atoms with van der Waals surface area (Å²) < 4.78 is 0. The minimum atomic E-state index is 0. The van der Waals surface area contributed by atoms with Gasteiger partial charge in [-0.15, -0.1) is 12.4 Å². The van der Waals surface area contributed by atoms with Gasteiger partial charge in [-0.2, -0.15) is 0 Å². The molecule has 1 aliphatic heterocycles. The van der Waals surface area contributed by atoms with Crippen LogP contribution in [0.1, 0.15) is 6.92 Å². The Balaban J connectivity index is 0.000000360. The first-order chi connectivity index (χ1) is 2.89. The molecule has 0 amide bonds. The van der Waals surface area contributed by atoms with Gasteiger partial charge in [0.25, 0.3) is 0 Å². The van der Waals surface area contributed by atoms with Gasteiger partial charge in [-0.1, -0.05) is 12.2 Å². The molecule has 1 atom stereocenters. The molecule has 1 aliphatic rings. The summed E-state index contributed by atoms with van der Waals surface area (Å²) in [7, 11) is 0. The largest absolute Gasteiger partial charge is 0.307 e. The minimum Gasteiger partial charge on any atom is -0.307 e. The van der Waals surface area contributed by atoms with E-state index in [0.717, 1.165) is 6.54 Å². The molecule has 0 radical (unpaired) electrons. The Morgan fingerprint density at radius 1 is 1.71 bits per heavy atom. The van der Waals surface area contributed by atoms with Crippen LogP contribution in [0.3, 0.4) is 0 Å². The van der Waals surface area contributed by atoms with Crippen molar-refractivity contribution in [2.24, 2.45) is 0 Å². The molecule has 1 nitrogen and oxygen atoms in total. The van der Waals surface area contributed by atoms with Crippen LogP contribution in [0.5, 0.6) is 0 Å². The average Bonchev–Trinajstić information content (AvgIpc) is 1.86. The maximum Gasteiger partial charge on any atom is 0.0225 e. The molecule has 42 valence electrons. The fourth-order valence-electron chi connectivity index (χ4n) is 0.594. The van der Waals surface area contributed by atoms with Crippen molar-refractivity contribution in [1.29, 1.82) is 0 Å². The molecule has 1 heterocycles. The summed E-state index contributed by atoms with van der Waals surface area (Å²) >= 11 is 0. The van der Waals surface area contributed by atoms with E-state index in [1.807, 2.05) is 0 Å². The SMILES string of the molecule is C[C@H]1C=CCN1.Cl. The summed E-state index contributed by atoms with van der Waals surface area (Å²) in [6, 6.07) is 0.616. The minimum absolute atomic E-state index is 0. The highest BCUT2D eigenvalue weighted by Crippen LogP contribution is 1.89. The van der Waals surface area contributed by atoms with Crippen LogP contribution in [0, 0.1) is 0 Å². The van der Waals surface area contributed by atoms with E-state index in [1.54, 1.807) is 0 Å². The Morgan fingerprint density at radius 2 is 2.43 bits per heavy atom. The maximum absolute atomic E-state index is 3.21. The monoisotopic (exact) mass is 119 g/mol. The summed E-state index contributed by atoms with van der Waals surface area (Å²) in [5.41, 5.74) is 0. The lowest BCUT2D eigenvalue weighted by molar-refractivity contribution is 0.726. The number of hydrogen-bond donors (Lipinski definition) is 1. The van der Waals surface area contributed by atoms with Crippen molar-refractivity contribution in [3.8, 4) is 0 Å². The maximum atomic E-state index is 3.21. The van der Waals surface area contributed by atoms with Crippen molar-refractivity contribution in [3.63, 3.8) is 0 Å². The Labute approximate surface area is 50.2 Å². The lowest BCUT2D eigenvalue weighted by Gasteiger charge is -1.94. The van der Waals surface area contributed by atoms with Crippen LogP contribution in [0.2, 0.25) is 0 Å². The first-order valence-corrected chi connectivity index (χ1v) is 2.29. The van der Waals surface area contributed by atoms with Gasteiger partial charge in [0.05, 0.1) is 0 Å². The molecule has 0 saturated carbocycles. The third kappa shape index (κ3) is 1.95. The molecule has 2 heteroatoms. The van der Waals surface area contributed by atoms with Gasteiger partial charge in [-0.3, -0.25) is 0 Å². The summed E-state index contributed by atoms with van der Waals surface area (Å²) in [5.74, 6) is 0. The fraction of sp³-hybridized carbons (Fsp3) is 0.600. The third-order valence-electron chi connectivity index (χ3n) is 0.982. The van der Waals surface area contributed by atoms with Gasteiger partial charge in [0.15, 0.2) is 0 Å². The zero-order valence-corrected chi connectivity index (χ0v) is 5.16. The molecule has 0 spiro atoms. The van der Waals surface area contributed by atoms with Crippen LogP contribution >= 0.6 is 12.4 Å². The summed E-state index contributed by atoms with van der Waals surface area (Å²) in [6.07, 6.45) is 4.31. The first-order valence-electron chi connectivity index (χ1n) is 2.29. The Kier molecular flexibility index (Phi) is 3.05. The predicted octanol–water partition coefficient (Wildman–Crippen LogP) is 0.956. The lowest BCUT2D eigenvalue weighted by atomic mass is 10.4. The summed E-state index contributed by atoms with van der Waals surface area (Å²) in [5, 5.41) is 3.21. The standard InChI is InChI=1S/C5H9N.ClH/c1-5-3-2-4-6-5;/h2-3,5-6H,4H2,1H3;1H/t5-;/m0./s1. The number of nitrogens with one attached hydrogen (secondary N) is 1.